The van der Waals surface area contributed by atoms with Gasteiger partial charge < -0.3 is 18.9 Å². The fourth-order valence-corrected chi connectivity index (χ4v) is 3.89. The van der Waals surface area contributed by atoms with Crippen molar-refractivity contribution in [3.63, 3.8) is 0 Å². The second kappa shape index (κ2) is 6.92. The Morgan fingerprint density at radius 3 is 2.46 bits per heavy atom. The zero-order valence-electron chi connectivity index (χ0n) is 16.1. The van der Waals surface area contributed by atoms with E-state index in [9.17, 15) is 0 Å². The number of rotatable bonds is 5. The molecular weight excluding hydrogens is 358 g/mol. The van der Waals surface area contributed by atoms with E-state index >= 15 is 0 Å². The minimum atomic E-state index is 0.314. The second-order valence-corrected chi connectivity index (χ2v) is 7.49. The van der Waals surface area contributed by atoms with Crippen molar-refractivity contribution >= 4 is 16.6 Å². The third-order valence-electron chi connectivity index (χ3n) is 5.69. The Morgan fingerprint density at radius 2 is 1.75 bits per heavy atom. The summed E-state index contributed by atoms with van der Waals surface area (Å²) in [6, 6.07) is 3.92. The van der Waals surface area contributed by atoms with Crippen molar-refractivity contribution in [2.75, 3.05) is 32.2 Å². The first kappa shape index (κ1) is 17.2. The first-order chi connectivity index (χ1) is 13.8. The molecule has 2 aromatic heterocycles. The normalized spacial score (nSPS) is 17.9. The zero-order valence-corrected chi connectivity index (χ0v) is 16.1. The molecule has 3 heterocycles. The maximum atomic E-state index is 5.53. The van der Waals surface area contributed by atoms with Gasteiger partial charge in [0.2, 0.25) is 5.89 Å². The average molecular weight is 381 g/mol. The molecule has 8 heteroatoms. The topological polar surface area (TPSA) is 86.4 Å². The summed E-state index contributed by atoms with van der Waals surface area (Å²) >= 11 is 0. The number of methoxy groups -OCH3 is 2. The number of piperidine rings is 1. The van der Waals surface area contributed by atoms with E-state index in [1.807, 2.05) is 12.1 Å². The summed E-state index contributed by atoms with van der Waals surface area (Å²) < 4.78 is 16.4. The molecule has 0 N–H and O–H groups in total. The van der Waals surface area contributed by atoms with Gasteiger partial charge in [-0.2, -0.15) is 10.1 Å². The summed E-state index contributed by atoms with van der Waals surface area (Å²) in [6.07, 6.45) is 6.04. The predicted octanol–water partition coefficient (Wildman–Crippen LogP) is 3.29. The molecule has 0 amide bonds. The standard InChI is InChI=1S/C20H23N5O3/c1-26-16-9-14-11-21-23-19(15(14)10-17(16)27-2)25-7-5-13(6-8-25)20-22-18(24-28-20)12-3-4-12/h9-13H,3-8H2,1-2H3. The Balaban J connectivity index is 1.37. The fraction of sp³-hybridized carbons (Fsp3) is 0.500. The van der Waals surface area contributed by atoms with Crippen LogP contribution in [0.1, 0.15) is 49.2 Å². The molecule has 0 bridgehead atoms. The highest BCUT2D eigenvalue weighted by Crippen LogP contribution is 2.40. The molecule has 1 saturated heterocycles. The molecule has 0 atom stereocenters. The van der Waals surface area contributed by atoms with Crippen LogP contribution in [0, 0.1) is 0 Å². The monoisotopic (exact) mass is 381 g/mol. The molecular formula is C20H23N5O3. The molecule has 1 aliphatic heterocycles. The summed E-state index contributed by atoms with van der Waals surface area (Å²) in [6.45, 7) is 1.74. The van der Waals surface area contributed by atoms with Crippen LogP contribution in [0.2, 0.25) is 0 Å². The molecule has 0 unspecified atom stereocenters. The van der Waals surface area contributed by atoms with Crippen LogP contribution in [0.25, 0.3) is 10.8 Å². The van der Waals surface area contributed by atoms with Gasteiger partial charge in [-0.1, -0.05) is 5.16 Å². The second-order valence-electron chi connectivity index (χ2n) is 7.49. The van der Waals surface area contributed by atoms with Crippen molar-refractivity contribution in [3.8, 4) is 11.5 Å². The molecule has 0 spiro atoms. The van der Waals surface area contributed by atoms with E-state index in [1.54, 1.807) is 20.4 Å². The van der Waals surface area contributed by atoms with Gasteiger partial charge in [0, 0.05) is 35.7 Å². The molecule has 1 aromatic carbocycles. The third kappa shape index (κ3) is 3.02. The zero-order chi connectivity index (χ0) is 19.1. The van der Waals surface area contributed by atoms with Crippen molar-refractivity contribution in [2.24, 2.45) is 0 Å². The van der Waals surface area contributed by atoms with Gasteiger partial charge in [0.1, 0.15) is 0 Å². The molecule has 1 aliphatic carbocycles. The van der Waals surface area contributed by atoms with Gasteiger partial charge in [0.15, 0.2) is 23.1 Å². The number of benzene rings is 1. The molecule has 2 fully saturated rings. The lowest BCUT2D eigenvalue weighted by atomic mass is 9.96. The summed E-state index contributed by atoms with van der Waals surface area (Å²) in [5, 5.41) is 14.8. The highest BCUT2D eigenvalue weighted by atomic mass is 16.5. The minimum Gasteiger partial charge on any atom is -0.493 e. The van der Waals surface area contributed by atoms with E-state index in [0.29, 0.717) is 23.3 Å². The fourth-order valence-electron chi connectivity index (χ4n) is 3.89. The Morgan fingerprint density at radius 1 is 1.00 bits per heavy atom. The smallest absolute Gasteiger partial charge is 0.229 e. The Kier molecular flexibility index (Phi) is 4.26. The van der Waals surface area contributed by atoms with Crippen LogP contribution in [0.4, 0.5) is 5.82 Å². The predicted molar refractivity (Wildman–Crippen MR) is 103 cm³/mol. The van der Waals surface area contributed by atoms with Crippen LogP contribution in [-0.4, -0.2) is 47.6 Å². The van der Waals surface area contributed by atoms with Gasteiger partial charge >= 0.3 is 0 Å². The summed E-state index contributed by atoms with van der Waals surface area (Å²) in [4.78, 5) is 6.90. The Bertz CT molecular complexity index is 993. The quantitative estimate of drug-likeness (QED) is 0.665. The van der Waals surface area contributed by atoms with Crippen LogP contribution >= 0.6 is 0 Å². The van der Waals surface area contributed by atoms with E-state index in [2.05, 4.69) is 25.2 Å². The number of hydrogen-bond acceptors (Lipinski definition) is 8. The van der Waals surface area contributed by atoms with Crippen LogP contribution in [0.5, 0.6) is 11.5 Å². The number of aromatic nitrogens is 4. The van der Waals surface area contributed by atoms with Crippen molar-refractivity contribution in [3.05, 3.63) is 30.0 Å². The highest BCUT2D eigenvalue weighted by Gasteiger charge is 2.32. The SMILES string of the molecule is COc1cc2cnnc(N3CCC(c4nc(C5CC5)no4)CC3)c2cc1OC. The van der Waals surface area contributed by atoms with Crippen LogP contribution in [0.3, 0.4) is 0 Å². The molecule has 0 radical (unpaired) electrons. The van der Waals surface area contributed by atoms with Crippen LogP contribution in [-0.2, 0) is 0 Å². The number of anilines is 1. The van der Waals surface area contributed by atoms with Crippen molar-refractivity contribution in [1.82, 2.24) is 20.3 Å². The van der Waals surface area contributed by atoms with Crippen molar-refractivity contribution in [2.45, 2.75) is 37.5 Å². The molecule has 2 aliphatic rings. The van der Waals surface area contributed by atoms with Gasteiger partial charge in [-0.3, -0.25) is 0 Å². The summed E-state index contributed by atoms with van der Waals surface area (Å²) in [5.74, 6) is 4.77. The largest absolute Gasteiger partial charge is 0.493 e. The molecule has 146 valence electrons. The van der Waals surface area contributed by atoms with Gasteiger partial charge in [-0.15, -0.1) is 5.10 Å². The molecule has 3 aromatic rings. The summed E-state index contributed by atoms with van der Waals surface area (Å²) in [7, 11) is 3.28. The first-order valence-electron chi connectivity index (χ1n) is 9.72. The number of fused-ring (bicyclic) bond motifs is 1. The van der Waals surface area contributed by atoms with Gasteiger partial charge in [-0.25, -0.2) is 0 Å². The lowest BCUT2D eigenvalue weighted by Crippen LogP contribution is -2.33. The first-order valence-corrected chi connectivity index (χ1v) is 9.72. The van der Waals surface area contributed by atoms with Crippen molar-refractivity contribution in [1.29, 1.82) is 0 Å². The molecule has 8 nitrogen and oxygen atoms in total. The highest BCUT2D eigenvalue weighted by molar-refractivity contribution is 5.94. The maximum absolute atomic E-state index is 5.53. The van der Waals surface area contributed by atoms with Crippen LogP contribution in [0.15, 0.2) is 22.9 Å². The van der Waals surface area contributed by atoms with E-state index < -0.39 is 0 Å². The molecule has 28 heavy (non-hydrogen) atoms. The minimum absolute atomic E-state index is 0.314. The molecule has 5 rings (SSSR count). The van der Waals surface area contributed by atoms with Gasteiger partial charge in [0.25, 0.3) is 0 Å². The number of nitrogens with zero attached hydrogens (tertiary/aromatic N) is 5. The maximum Gasteiger partial charge on any atom is 0.229 e. The lowest BCUT2D eigenvalue weighted by Gasteiger charge is -2.31. The Hall–Kier alpha value is -2.90. The van der Waals surface area contributed by atoms with E-state index in [0.717, 1.165) is 54.2 Å². The third-order valence-corrected chi connectivity index (χ3v) is 5.69. The number of hydrogen-bond donors (Lipinski definition) is 0. The average Bonchev–Trinajstić information content (AvgIpc) is 3.49. The number of ether oxygens (including phenoxy) is 2. The Labute approximate surface area is 162 Å². The van der Waals surface area contributed by atoms with Crippen LogP contribution < -0.4 is 14.4 Å². The summed E-state index contributed by atoms with van der Waals surface area (Å²) in [5.41, 5.74) is 0. The van der Waals surface area contributed by atoms with E-state index in [4.69, 9.17) is 14.0 Å². The van der Waals surface area contributed by atoms with Gasteiger partial charge in [-0.05, 0) is 37.8 Å². The lowest BCUT2D eigenvalue weighted by molar-refractivity contribution is 0.326. The van der Waals surface area contributed by atoms with Crippen molar-refractivity contribution < 1.29 is 14.0 Å². The molecule has 1 saturated carbocycles. The van der Waals surface area contributed by atoms with Gasteiger partial charge in [0.05, 0.1) is 20.4 Å². The van der Waals surface area contributed by atoms with E-state index in [-0.39, 0.29) is 0 Å². The van der Waals surface area contributed by atoms with E-state index in [1.165, 1.54) is 12.8 Å².